The summed E-state index contributed by atoms with van der Waals surface area (Å²) < 4.78 is 9.37. The fourth-order valence-corrected chi connectivity index (χ4v) is 1.92. The molecule has 0 fully saturated rings. The molecule has 17 heavy (non-hydrogen) atoms. The summed E-state index contributed by atoms with van der Waals surface area (Å²) in [7, 11) is 0. The molecule has 0 radical (unpaired) electrons. The summed E-state index contributed by atoms with van der Waals surface area (Å²) in [5.74, 6) is -0.232. The number of ether oxygens (including phenoxy) is 2. The van der Waals surface area contributed by atoms with Gasteiger partial charge in [0.25, 0.3) is 0 Å². The minimum absolute atomic E-state index is 0.0305. The van der Waals surface area contributed by atoms with Crippen LogP contribution >= 0.6 is 0 Å². The highest BCUT2D eigenvalue weighted by atomic mass is 17.0. The van der Waals surface area contributed by atoms with Crippen LogP contribution in [-0.2, 0) is 6.42 Å². The minimum Gasteiger partial charge on any atom is -0.411 e. The molecule has 7 nitrogen and oxygen atoms in total. The summed E-state index contributed by atoms with van der Waals surface area (Å²) >= 11 is 0. The molecule has 3 N–H and O–H groups in total. The number of aliphatic hydroxyl groups is 2. The molecule has 1 aromatic carbocycles. The van der Waals surface area contributed by atoms with Gasteiger partial charge in [0.2, 0.25) is 5.78 Å². The van der Waals surface area contributed by atoms with E-state index in [-0.39, 0.29) is 23.6 Å². The van der Waals surface area contributed by atoms with Gasteiger partial charge in [0.05, 0.1) is 0 Å². The Morgan fingerprint density at radius 2 is 1.88 bits per heavy atom. The van der Waals surface area contributed by atoms with Crippen LogP contribution in [0.25, 0.3) is 0 Å². The first-order valence-electron chi connectivity index (χ1n) is 4.75. The molecule has 0 bridgehead atoms. The minimum atomic E-state index is -2.70. The van der Waals surface area contributed by atoms with Crippen LogP contribution in [0.3, 0.4) is 0 Å². The van der Waals surface area contributed by atoms with Crippen LogP contribution in [-0.4, -0.2) is 33.1 Å². The third kappa shape index (κ3) is 1.37. The number of carbonyl (C=O) groups is 1. The Balaban J connectivity index is 2.10. The number of Topliss-reactive ketones (excluding diaryl/α,β-unsaturated/α-hetero) is 1. The van der Waals surface area contributed by atoms with E-state index >= 15 is 0 Å². The Morgan fingerprint density at radius 3 is 2.53 bits per heavy atom. The molecule has 0 aromatic heterocycles. The van der Waals surface area contributed by atoms with Gasteiger partial charge in [-0.25, -0.2) is 0 Å². The summed E-state index contributed by atoms with van der Waals surface area (Å²) in [5.41, 5.74) is 0.920. The molecule has 0 spiro atoms. The molecule has 88 valence electrons. The Morgan fingerprint density at radius 1 is 1.24 bits per heavy atom. The molecule has 0 saturated carbocycles. The van der Waals surface area contributed by atoms with Crippen LogP contribution in [0, 0.1) is 0 Å². The van der Waals surface area contributed by atoms with Gasteiger partial charge in [0, 0.05) is 12.0 Å². The molecule has 0 unspecified atom stereocenters. The number of carbonyl (C=O) groups excluding carboxylic acids is 1. The van der Waals surface area contributed by atoms with E-state index < -0.39 is 11.9 Å². The fraction of sp³-hybridized carbons (Fsp3) is 0.200. The SMILES string of the molecule is O=C1/C(=N\O)Cc2cc3c(cc21)OC(O)(O)O3. The molecular weight excluding hydrogens is 230 g/mol. The van der Waals surface area contributed by atoms with Gasteiger partial charge in [-0.15, -0.1) is 0 Å². The van der Waals surface area contributed by atoms with Crippen LogP contribution in [0.2, 0.25) is 0 Å². The quantitative estimate of drug-likeness (QED) is 0.322. The predicted molar refractivity (Wildman–Crippen MR) is 52.1 cm³/mol. The summed E-state index contributed by atoms with van der Waals surface area (Å²) in [5, 5.41) is 29.8. The van der Waals surface area contributed by atoms with Crippen LogP contribution in [0.4, 0.5) is 0 Å². The topological polar surface area (TPSA) is 109 Å². The number of ketones is 1. The molecular formula is C10H7NO6. The average molecular weight is 237 g/mol. The number of hydrogen-bond acceptors (Lipinski definition) is 7. The molecule has 1 heterocycles. The van der Waals surface area contributed by atoms with Gasteiger partial charge in [0.1, 0.15) is 5.71 Å². The predicted octanol–water partition coefficient (Wildman–Crippen LogP) is -0.377. The zero-order valence-corrected chi connectivity index (χ0v) is 8.38. The van der Waals surface area contributed by atoms with Crippen molar-refractivity contribution in [1.82, 2.24) is 0 Å². The molecule has 0 saturated heterocycles. The second kappa shape index (κ2) is 2.96. The first-order valence-corrected chi connectivity index (χ1v) is 4.75. The zero-order valence-electron chi connectivity index (χ0n) is 8.38. The van der Waals surface area contributed by atoms with E-state index in [1.807, 2.05) is 0 Å². The lowest BCUT2D eigenvalue weighted by Gasteiger charge is -2.10. The van der Waals surface area contributed by atoms with Crippen LogP contribution in [0.5, 0.6) is 11.5 Å². The van der Waals surface area contributed by atoms with Gasteiger partial charge in [-0.05, 0) is 17.7 Å². The van der Waals surface area contributed by atoms with Crippen molar-refractivity contribution in [2.24, 2.45) is 5.16 Å². The van der Waals surface area contributed by atoms with Gasteiger partial charge in [-0.2, -0.15) is 0 Å². The largest absolute Gasteiger partial charge is 0.505 e. The van der Waals surface area contributed by atoms with Crippen molar-refractivity contribution in [3.63, 3.8) is 0 Å². The highest BCUT2D eigenvalue weighted by molar-refractivity contribution is 6.49. The highest BCUT2D eigenvalue weighted by Gasteiger charge is 2.40. The maximum atomic E-state index is 11.7. The van der Waals surface area contributed by atoms with Crippen LogP contribution in [0.15, 0.2) is 17.3 Å². The second-order valence-corrected chi connectivity index (χ2v) is 3.76. The lowest BCUT2D eigenvalue weighted by Crippen LogP contribution is -2.37. The van der Waals surface area contributed by atoms with Gasteiger partial charge >= 0.3 is 6.16 Å². The monoisotopic (exact) mass is 237 g/mol. The normalized spacial score (nSPS) is 22.0. The standard InChI is InChI=1S/C10H7NO6/c12-9-5-3-8-7(16-10(13,14)17-8)2-4(5)1-6(9)11-15/h2-3,13-15H,1H2/b11-6-. The number of benzene rings is 1. The Labute approximate surface area is 94.5 Å². The van der Waals surface area contributed by atoms with E-state index in [4.69, 9.17) is 20.2 Å². The average Bonchev–Trinajstić information content (AvgIpc) is 2.71. The van der Waals surface area contributed by atoms with Crippen molar-refractivity contribution >= 4 is 11.5 Å². The number of oxime groups is 1. The summed E-state index contributed by atoms with van der Waals surface area (Å²) in [6, 6.07) is 2.79. The van der Waals surface area contributed by atoms with Crippen molar-refractivity contribution in [1.29, 1.82) is 0 Å². The van der Waals surface area contributed by atoms with E-state index in [1.54, 1.807) is 0 Å². The number of fused-ring (bicyclic) bond motifs is 2. The highest BCUT2D eigenvalue weighted by Crippen LogP contribution is 2.41. The van der Waals surface area contributed by atoms with Crippen molar-refractivity contribution < 1.29 is 29.7 Å². The first-order chi connectivity index (χ1) is 8.00. The summed E-state index contributed by atoms with van der Waals surface area (Å²) in [4.78, 5) is 11.7. The van der Waals surface area contributed by atoms with E-state index in [2.05, 4.69) is 9.89 Å². The zero-order chi connectivity index (χ0) is 12.2. The van der Waals surface area contributed by atoms with Gasteiger partial charge in [-0.1, -0.05) is 5.16 Å². The third-order valence-corrected chi connectivity index (χ3v) is 2.64. The van der Waals surface area contributed by atoms with Gasteiger partial charge in [-0.3, -0.25) is 15.0 Å². The number of hydrogen-bond donors (Lipinski definition) is 3. The molecule has 2 aliphatic rings. The third-order valence-electron chi connectivity index (χ3n) is 2.64. The molecule has 7 heteroatoms. The van der Waals surface area contributed by atoms with E-state index in [1.165, 1.54) is 12.1 Å². The van der Waals surface area contributed by atoms with Gasteiger partial charge in [0.15, 0.2) is 11.5 Å². The van der Waals surface area contributed by atoms with Crippen LogP contribution < -0.4 is 9.47 Å². The van der Waals surface area contributed by atoms with E-state index in [0.717, 1.165) is 0 Å². The fourth-order valence-electron chi connectivity index (χ4n) is 1.92. The molecule has 0 atom stereocenters. The first kappa shape index (κ1) is 10.1. The number of rotatable bonds is 0. The smallest absolute Gasteiger partial charge is 0.411 e. The van der Waals surface area contributed by atoms with Crippen molar-refractivity contribution in [2.45, 2.75) is 12.6 Å². The Hall–Kier alpha value is -2.12. The summed E-state index contributed by atoms with van der Waals surface area (Å²) in [6.07, 6.45) is -2.53. The Kier molecular flexibility index (Phi) is 1.75. The van der Waals surface area contributed by atoms with Crippen molar-refractivity contribution in [3.8, 4) is 11.5 Å². The molecule has 3 rings (SSSR count). The van der Waals surface area contributed by atoms with Crippen LogP contribution in [0.1, 0.15) is 15.9 Å². The van der Waals surface area contributed by atoms with Crippen molar-refractivity contribution in [3.05, 3.63) is 23.3 Å². The lowest BCUT2D eigenvalue weighted by atomic mass is 10.1. The van der Waals surface area contributed by atoms with Gasteiger partial charge < -0.3 is 14.7 Å². The molecule has 1 aliphatic carbocycles. The van der Waals surface area contributed by atoms with Crippen molar-refractivity contribution in [2.75, 3.05) is 0 Å². The maximum Gasteiger partial charge on any atom is 0.505 e. The Bertz CT molecular complexity index is 562. The molecule has 1 aliphatic heterocycles. The maximum absolute atomic E-state index is 11.7. The van der Waals surface area contributed by atoms with E-state index in [0.29, 0.717) is 11.1 Å². The summed E-state index contributed by atoms with van der Waals surface area (Å²) in [6.45, 7) is 0. The second-order valence-electron chi connectivity index (χ2n) is 3.76. The molecule has 0 amide bonds. The number of nitrogens with zero attached hydrogens (tertiary/aromatic N) is 1. The lowest BCUT2D eigenvalue weighted by molar-refractivity contribution is -0.385. The molecule has 1 aromatic rings. The van der Waals surface area contributed by atoms with E-state index in [9.17, 15) is 4.79 Å².